The van der Waals surface area contributed by atoms with E-state index in [4.69, 9.17) is 5.11 Å². The van der Waals surface area contributed by atoms with Crippen molar-refractivity contribution >= 4 is 24.5 Å². The molecule has 1 atom stereocenters. The van der Waals surface area contributed by atoms with Crippen molar-refractivity contribution in [3.63, 3.8) is 0 Å². The van der Waals surface area contributed by atoms with Crippen LogP contribution in [-0.4, -0.2) is 28.8 Å². The molecule has 0 fully saturated rings. The van der Waals surface area contributed by atoms with Crippen LogP contribution >= 0.6 is 12.6 Å². The second-order valence-corrected chi connectivity index (χ2v) is 3.11. The molecule has 4 nitrogen and oxygen atoms in total. The number of amides is 1. The molecule has 0 spiro atoms. The van der Waals surface area contributed by atoms with E-state index in [9.17, 15) is 9.59 Å². The zero-order valence-corrected chi connectivity index (χ0v) is 8.51. The Morgan fingerprint density at radius 3 is 2.54 bits per heavy atom. The Labute approximate surface area is 83.1 Å². The van der Waals surface area contributed by atoms with Crippen LogP contribution < -0.4 is 5.32 Å². The molecular weight excluding hydrogens is 190 g/mol. The number of aliphatic carboxylic acids is 1. The van der Waals surface area contributed by atoms with Gasteiger partial charge in [-0.1, -0.05) is 13.3 Å². The molecule has 0 radical (unpaired) electrons. The largest absolute Gasteiger partial charge is 0.480 e. The lowest BCUT2D eigenvalue weighted by atomic mass is 10.2. The molecule has 2 N–H and O–H groups in total. The van der Waals surface area contributed by atoms with E-state index < -0.39 is 12.0 Å². The quantitative estimate of drug-likeness (QED) is 0.558. The van der Waals surface area contributed by atoms with Gasteiger partial charge in [0.05, 0.1) is 0 Å². The van der Waals surface area contributed by atoms with Crippen molar-refractivity contribution in [2.75, 3.05) is 5.75 Å². The first-order chi connectivity index (χ1) is 6.11. The van der Waals surface area contributed by atoms with Crippen LogP contribution in [0.3, 0.4) is 0 Å². The molecule has 0 aliphatic carbocycles. The number of carbonyl (C=O) groups is 2. The van der Waals surface area contributed by atoms with Crippen LogP contribution in [0.4, 0.5) is 0 Å². The van der Waals surface area contributed by atoms with Crippen molar-refractivity contribution in [2.45, 2.75) is 32.2 Å². The fourth-order valence-electron chi connectivity index (χ4n) is 0.789. The van der Waals surface area contributed by atoms with Gasteiger partial charge in [-0.3, -0.25) is 4.79 Å². The number of hydrogen-bond acceptors (Lipinski definition) is 3. The van der Waals surface area contributed by atoms with Crippen molar-refractivity contribution < 1.29 is 14.7 Å². The molecule has 0 aromatic rings. The minimum absolute atomic E-state index is 0.118. The molecule has 0 aromatic carbocycles. The first kappa shape index (κ1) is 12.3. The molecule has 0 aromatic heterocycles. The smallest absolute Gasteiger partial charge is 0.327 e. The summed E-state index contributed by atoms with van der Waals surface area (Å²) in [6, 6.07) is -0.868. The van der Waals surface area contributed by atoms with Gasteiger partial charge in [-0.05, 0) is 6.42 Å². The molecule has 0 aliphatic heterocycles. The van der Waals surface area contributed by atoms with Gasteiger partial charge in [-0.25, -0.2) is 4.79 Å². The molecule has 76 valence electrons. The van der Waals surface area contributed by atoms with Gasteiger partial charge in [-0.15, -0.1) is 0 Å². The van der Waals surface area contributed by atoms with E-state index in [1.807, 2.05) is 6.92 Å². The summed E-state index contributed by atoms with van der Waals surface area (Å²) in [4.78, 5) is 21.5. The lowest BCUT2D eigenvalue weighted by Crippen LogP contribution is -2.41. The van der Waals surface area contributed by atoms with Gasteiger partial charge >= 0.3 is 5.97 Å². The number of carboxylic acid groups (broad SMARTS) is 1. The molecule has 0 unspecified atom stereocenters. The second-order valence-electron chi connectivity index (χ2n) is 2.74. The van der Waals surface area contributed by atoms with Crippen molar-refractivity contribution in [1.82, 2.24) is 5.32 Å². The number of carboxylic acids is 1. The van der Waals surface area contributed by atoms with E-state index in [1.165, 1.54) is 0 Å². The van der Waals surface area contributed by atoms with E-state index in [2.05, 4.69) is 17.9 Å². The molecule has 5 heteroatoms. The summed E-state index contributed by atoms with van der Waals surface area (Å²) in [6.45, 7) is 1.97. The van der Waals surface area contributed by atoms with E-state index in [0.717, 1.165) is 12.8 Å². The van der Waals surface area contributed by atoms with Gasteiger partial charge in [0.2, 0.25) is 5.91 Å². The number of rotatable bonds is 6. The Morgan fingerprint density at radius 1 is 1.54 bits per heavy atom. The van der Waals surface area contributed by atoms with Crippen molar-refractivity contribution in [3.8, 4) is 0 Å². The number of nitrogens with one attached hydrogen (secondary N) is 1. The molecule has 0 saturated heterocycles. The Bertz CT molecular complexity index is 184. The van der Waals surface area contributed by atoms with E-state index >= 15 is 0 Å². The molecule has 0 aliphatic rings. The summed E-state index contributed by atoms with van der Waals surface area (Å²) < 4.78 is 0. The number of hydrogen-bond donors (Lipinski definition) is 3. The maximum absolute atomic E-state index is 11.1. The van der Waals surface area contributed by atoms with E-state index in [-0.39, 0.29) is 11.7 Å². The van der Waals surface area contributed by atoms with Crippen LogP contribution in [0.2, 0.25) is 0 Å². The zero-order valence-electron chi connectivity index (χ0n) is 7.62. The fourth-order valence-corrected chi connectivity index (χ4v) is 1.04. The van der Waals surface area contributed by atoms with E-state index in [1.54, 1.807) is 0 Å². The van der Waals surface area contributed by atoms with Gasteiger partial charge in [0, 0.05) is 12.2 Å². The Balaban J connectivity index is 3.80. The predicted octanol–water partition coefficient (Wildman–Crippen LogP) is 0.676. The summed E-state index contributed by atoms with van der Waals surface area (Å²) in [7, 11) is 0. The lowest BCUT2D eigenvalue weighted by Gasteiger charge is -2.11. The molecular formula is C8H15NO3S. The van der Waals surface area contributed by atoms with Crippen LogP contribution in [-0.2, 0) is 9.59 Å². The van der Waals surface area contributed by atoms with Gasteiger partial charge in [-0.2, -0.15) is 12.6 Å². The highest BCUT2D eigenvalue weighted by Gasteiger charge is 2.17. The standard InChI is InChI=1S/C8H15NO3S/c1-2-3-4-7(10)9-6(5-13)8(11)12/h6,13H,2-5H2,1H3,(H,9,10)(H,11,12)/t6-/m0/s1. The highest BCUT2D eigenvalue weighted by Crippen LogP contribution is 1.95. The molecule has 1 amide bonds. The summed E-state index contributed by atoms with van der Waals surface area (Å²) in [6.07, 6.45) is 2.09. The third-order valence-corrected chi connectivity index (χ3v) is 1.94. The fraction of sp³-hybridized carbons (Fsp3) is 0.750. The third kappa shape index (κ3) is 5.52. The van der Waals surface area contributed by atoms with Gasteiger partial charge in [0.25, 0.3) is 0 Å². The Kier molecular flexibility index (Phi) is 6.40. The predicted molar refractivity (Wildman–Crippen MR) is 52.9 cm³/mol. The first-order valence-corrected chi connectivity index (χ1v) is 4.88. The van der Waals surface area contributed by atoms with Gasteiger partial charge in [0.15, 0.2) is 0 Å². The maximum atomic E-state index is 11.1. The Morgan fingerprint density at radius 2 is 2.15 bits per heavy atom. The highest BCUT2D eigenvalue weighted by atomic mass is 32.1. The zero-order chi connectivity index (χ0) is 10.3. The van der Waals surface area contributed by atoms with Crippen LogP contribution in [0.5, 0.6) is 0 Å². The summed E-state index contributed by atoms with van der Waals surface area (Å²) >= 11 is 3.83. The van der Waals surface area contributed by atoms with Crippen LogP contribution in [0.25, 0.3) is 0 Å². The molecule has 0 bridgehead atoms. The van der Waals surface area contributed by atoms with Crippen molar-refractivity contribution in [2.24, 2.45) is 0 Å². The molecule has 0 heterocycles. The highest BCUT2D eigenvalue weighted by molar-refractivity contribution is 7.80. The first-order valence-electron chi connectivity index (χ1n) is 4.24. The van der Waals surface area contributed by atoms with Crippen LogP contribution in [0, 0.1) is 0 Å². The summed E-state index contributed by atoms with van der Waals surface area (Å²) in [5.74, 6) is -1.14. The second kappa shape index (κ2) is 6.77. The van der Waals surface area contributed by atoms with Crippen molar-refractivity contribution in [3.05, 3.63) is 0 Å². The summed E-state index contributed by atoms with van der Waals surface area (Å²) in [5, 5.41) is 11.0. The van der Waals surface area contributed by atoms with Crippen LogP contribution in [0.15, 0.2) is 0 Å². The third-order valence-electron chi connectivity index (χ3n) is 1.57. The molecule has 0 saturated carbocycles. The van der Waals surface area contributed by atoms with Gasteiger partial charge < -0.3 is 10.4 Å². The van der Waals surface area contributed by atoms with E-state index in [0.29, 0.717) is 6.42 Å². The SMILES string of the molecule is CCCCC(=O)N[C@@H](CS)C(=O)O. The lowest BCUT2D eigenvalue weighted by molar-refractivity contribution is -0.141. The normalized spacial score (nSPS) is 12.2. The molecule has 13 heavy (non-hydrogen) atoms. The summed E-state index contributed by atoms with van der Waals surface area (Å²) in [5.41, 5.74) is 0. The topological polar surface area (TPSA) is 66.4 Å². The number of unbranched alkanes of at least 4 members (excludes halogenated alkanes) is 1. The maximum Gasteiger partial charge on any atom is 0.327 e. The minimum atomic E-state index is -1.04. The monoisotopic (exact) mass is 205 g/mol. The van der Waals surface area contributed by atoms with Crippen LogP contribution in [0.1, 0.15) is 26.2 Å². The minimum Gasteiger partial charge on any atom is -0.480 e. The Hall–Kier alpha value is -0.710. The molecule has 0 rings (SSSR count). The number of carbonyl (C=O) groups excluding carboxylic acids is 1. The number of thiol groups is 1. The average molecular weight is 205 g/mol. The average Bonchev–Trinajstić information content (AvgIpc) is 2.10. The van der Waals surface area contributed by atoms with Crippen molar-refractivity contribution in [1.29, 1.82) is 0 Å². The van der Waals surface area contributed by atoms with Gasteiger partial charge in [0.1, 0.15) is 6.04 Å².